The molecule has 0 amide bonds. The van der Waals surface area contributed by atoms with E-state index in [0.717, 1.165) is 50.4 Å². The van der Waals surface area contributed by atoms with E-state index in [4.69, 9.17) is 9.47 Å². The minimum absolute atomic E-state index is 0.301. The van der Waals surface area contributed by atoms with Crippen molar-refractivity contribution in [2.24, 2.45) is 11.8 Å². The maximum absolute atomic E-state index is 11.8. The standard InChI is InChI=1S/C28H54O5/c1-24(2)19-15-11-7-5-9-13-17-21-32-27(30)23-26(29)28(31)33-22-18-14-10-6-8-12-16-20-25(3)4/h24-26,29H,5-23H2,1-4H3. The summed E-state index contributed by atoms with van der Waals surface area (Å²) in [6, 6.07) is 0. The zero-order valence-electron chi connectivity index (χ0n) is 22.2. The smallest absolute Gasteiger partial charge is 0.335 e. The van der Waals surface area contributed by atoms with E-state index in [1.165, 1.54) is 64.2 Å². The van der Waals surface area contributed by atoms with Crippen LogP contribution in [0.15, 0.2) is 0 Å². The van der Waals surface area contributed by atoms with Gasteiger partial charge in [-0.1, -0.05) is 118 Å². The number of aliphatic hydroxyl groups excluding tert-OH is 1. The van der Waals surface area contributed by atoms with Gasteiger partial charge in [0.25, 0.3) is 0 Å². The van der Waals surface area contributed by atoms with Crippen LogP contribution in [0.1, 0.15) is 137 Å². The molecule has 0 radical (unpaired) electrons. The molecule has 1 N–H and O–H groups in total. The fourth-order valence-electron chi connectivity index (χ4n) is 3.83. The summed E-state index contributed by atoms with van der Waals surface area (Å²) in [5.74, 6) is 0.327. The second-order valence-electron chi connectivity index (χ2n) is 10.4. The fraction of sp³-hybridized carbons (Fsp3) is 0.929. The van der Waals surface area contributed by atoms with Gasteiger partial charge in [0.05, 0.1) is 19.6 Å². The summed E-state index contributed by atoms with van der Waals surface area (Å²) >= 11 is 0. The van der Waals surface area contributed by atoms with E-state index in [9.17, 15) is 14.7 Å². The summed E-state index contributed by atoms with van der Waals surface area (Å²) in [4.78, 5) is 23.6. The van der Waals surface area contributed by atoms with Gasteiger partial charge in [-0.2, -0.15) is 0 Å². The number of rotatable bonds is 23. The summed E-state index contributed by atoms with van der Waals surface area (Å²) in [5.41, 5.74) is 0. The SMILES string of the molecule is CC(C)CCCCCCCCCOC(=O)CC(O)C(=O)OCCCCCCCCCC(C)C. The Morgan fingerprint density at radius 3 is 1.36 bits per heavy atom. The Hall–Kier alpha value is -1.10. The summed E-state index contributed by atoms with van der Waals surface area (Å²) in [6.07, 6.45) is 17.1. The summed E-state index contributed by atoms with van der Waals surface area (Å²) in [7, 11) is 0. The molecule has 0 aliphatic carbocycles. The molecule has 5 heteroatoms. The number of unbranched alkanes of at least 4 members (excludes halogenated alkanes) is 12. The van der Waals surface area contributed by atoms with E-state index in [2.05, 4.69) is 27.7 Å². The average Bonchev–Trinajstić information content (AvgIpc) is 2.75. The van der Waals surface area contributed by atoms with Crippen molar-refractivity contribution in [1.29, 1.82) is 0 Å². The number of carbonyl (C=O) groups is 2. The highest BCUT2D eigenvalue weighted by Gasteiger charge is 2.21. The zero-order valence-corrected chi connectivity index (χ0v) is 22.2. The van der Waals surface area contributed by atoms with Gasteiger partial charge >= 0.3 is 11.9 Å². The molecule has 0 aromatic heterocycles. The number of aliphatic hydroxyl groups is 1. The van der Waals surface area contributed by atoms with Crippen molar-refractivity contribution in [1.82, 2.24) is 0 Å². The quantitative estimate of drug-likeness (QED) is 0.125. The van der Waals surface area contributed by atoms with Crippen LogP contribution in [0, 0.1) is 11.8 Å². The molecule has 0 fully saturated rings. The number of ether oxygens (including phenoxy) is 2. The van der Waals surface area contributed by atoms with Crippen LogP contribution in [0.3, 0.4) is 0 Å². The lowest BCUT2D eigenvalue weighted by molar-refractivity contribution is -0.160. The molecule has 0 saturated carbocycles. The monoisotopic (exact) mass is 470 g/mol. The van der Waals surface area contributed by atoms with Gasteiger partial charge in [0.2, 0.25) is 0 Å². The third-order valence-electron chi connectivity index (χ3n) is 5.99. The van der Waals surface area contributed by atoms with E-state index in [0.29, 0.717) is 13.2 Å². The van der Waals surface area contributed by atoms with E-state index in [-0.39, 0.29) is 6.42 Å². The van der Waals surface area contributed by atoms with Crippen molar-refractivity contribution in [2.75, 3.05) is 13.2 Å². The molecule has 0 aliphatic rings. The zero-order chi connectivity index (χ0) is 24.7. The second-order valence-corrected chi connectivity index (χ2v) is 10.4. The molecule has 0 heterocycles. The van der Waals surface area contributed by atoms with E-state index < -0.39 is 18.0 Å². The fourth-order valence-corrected chi connectivity index (χ4v) is 3.83. The molecule has 0 aliphatic heterocycles. The third kappa shape index (κ3) is 23.8. The third-order valence-corrected chi connectivity index (χ3v) is 5.99. The number of esters is 2. The Balaban J connectivity index is 3.49. The largest absolute Gasteiger partial charge is 0.466 e. The van der Waals surface area contributed by atoms with Crippen LogP contribution >= 0.6 is 0 Å². The maximum Gasteiger partial charge on any atom is 0.335 e. The van der Waals surface area contributed by atoms with Crippen LogP contribution in [0.2, 0.25) is 0 Å². The molecule has 0 rings (SSSR count). The Labute approximate surface area is 204 Å². The molecular formula is C28H54O5. The van der Waals surface area contributed by atoms with Crippen LogP contribution in [-0.4, -0.2) is 36.4 Å². The summed E-state index contributed by atoms with van der Waals surface area (Å²) < 4.78 is 10.2. The first-order valence-electron chi connectivity index (χ1n) is 13.8. The van der Waals surface area contributed by atoms with Crippen LogP contribution < -0.4 is 0 Å². The van der Waals surface area contributed by atoms with Gasteiger partial charge in [-0.05, 0) is 24.7 Å². The second kappa shape index (κ2) is 22.7. The van der Waals surface area contributed by atoms with Gasteiger partial charge in [-0.15, -0.1) is 0 Å². The molecule has 196 valence electrons. The number of hydrogen-bond acceptors (Lipinski definition) is 5. The van der Waals surface area contributed by atoms with Crippen molar-refractivity contribution >= 4 is 11.9 Å². The molecular weight excluding hydrogens is 416 g/mol. The maximum atomic E-state index is 11.8. The van der Waals surface area contributed by atoms with E-state index in [1.807, 2.05) is 0 Å². The summed E-state index contributed by atoms with van der Waals surface area (Å²) in [5, 5.41) is 9.85. The number of hydrogen-bond donors (Lipinski definition) is 1. The highest BCUT2D eigenvalue weighted by atomic mass is 16.6. The van der Waals surface area contributed by atoms with Crippen LogP contribution in [0.5, 0.6) is 0 Å². The molecule has 5 nitrogen and oxygen atoms in total. The minimum Gasteiger partial charge on any atom is -0.466 e. The average molecular weight is 471 g/mol. The van der Waals surface area contributed by atoms with E-state index >= 15 is 0 Å². The Kier molecular flexibility index (Phi) is 21.9. The minimum atomic E-state index is -1.43. The van der Waals surface area contributed by atoms with Gasteiger partial charge in [0, 0.05) is 0 Å². The van der Waals surface area contributed by atoms with Gasteiger partial charge in [0.15, 0.2) is 6.10 Å². The van der Waals surface area contributed by atoms with Gasteiger partial charge in [0.1, 0.15) is 0 Å². The normalized spacial score (nSPS) is 12.3. The van der Waals surface area contributed by atoms with Gasteiger partial charge in [-0.25, -0.2) is 4.79 Å². The summed E-state index contributed by atoms with van der Waals surface area (Å²) in [6.45, 7) is 9.71. The highest BCUT2D eigenvalue weighted by molar-refractivity contribution is 5.81. The van der Waals surface area contributed by atoms with E-state index in [1.54, 1.807) is 0 Å². The topological polar surface area (TPSA) is 72.8 Å². The van der Waals surface area contributed by atoms with Crippen molar-refractivity contribution in [2.45, 2.75) is 143 Å². The predicted octanol–water partition coefficient (Wildman–Crippen LogP) is 7.38. The highest BCUT2D eigenvalue weighted by Crippen LogP contribution is 2.13. The van der Waals surface area contributed by atoms with Crippen molar-refractivity contribution in [3.63, 3.8) is 0 Å². The molecule has 0 aromatic rings. The molecule has 1 unspecified atom stereocenters. The van der Waals surface area contributed by atoms with Crippen LogP contribution in [0.25, 0.3) is 0 Å². The predicted molar refractivity (Wildman–Crippen MR) is 136 cm³/mol. The van der Waals surface area contributed by atoms with Gasteiger partial charge < -0.3 is 14.6 Å². The molecule has 1 atom stereocenters. The number of carbonyl (C=O) groups excluding carboxylic acids is 2. The van der Waals surface area contributed by atoms with Crippen molar-refractivity contribution < 1.29 is 24.2 Å². The molecule has 0 spiro atoms. The molecule has 0 aromatic carbocycles. The lowest BCUT2D eigenvalue weighted by Gasteiger charge is -2.11. The Morgan fingerprint density at radius 1 is 0.576 bits per heavy atom. The Morgan fingerprint density at radius 2 is 0.939 bits per heavy atom. The first-order valence-corrected chi connectivity index (χ1v) is 13.8. The van der Waals surface area contributed by atoms with Gasteiger partial charge in [-0.3, -0.25) is 4.79 Å². The van der Waals surface area contributed by atoms with Crippen molar-refractivity contribution in [3.05, 3.63) is 0 Å². The van der Waals surface area contributed by atoms with Crippen molar-refractivity contribution in [3.8, 4) is 0 Å². The molecule has 0 saturated heterocycles. The van der Waals surface area contributed by atoms with Crippen LogP contribution in [0.4, 0.5) is 0 Å². The molecule has 0 bridgehead atoms. The first kappa shape index (κ1) is 31.9. The Bertz CT molecular complexity index is 461. The lowest BCUT2D eigenvalue weighted by atomic mass is 10.0. The molecule has 33 heavy (non-hydrogen) atoms. The van der Waals surface area contributed by atoms with Crippen LogP contribution in [-0.2, 0) is 19.1 Å². The lowest BCUT2D eigenvalue weighted by Crippen LogP contribution is -2.27. The first-order chi connectivity index (χ1) is 15.8.